The summed E-state index contributed by atoms with van der Waals surface area (Å²) < 4.78 is 10.4. The molecule has 1 N–H and O–H groups in total. The number of aliphatic hydroxyl groups is 1. The molecule has 0 bridgehead atoms. The summed E-state index contributed by atoms with van der Waals surface area (Å²) in [5, 5.41) is 9.74. The molecule has 0 radical (unpaired) electrons. The van der Waals surface area contributed by atoms with Gasteiger partial charge in [0.25, 0.3) is 0 Å². The first-order valence-corrected chi connectivity index (χ1v) is 6.23. The predicted octanol–water partition coefficient (Wildman–Crippen LogP) is 1.52. The molecule has 0 saturated carbocycles. The van der Waals surface area contributed by atoms with E-state index in [4.69, 9.17) is 9.47 Å². The fourth-order valence-electron chi connectivity index (χ4n) is 1.81. The lowest BCUT2D eigenvalue weighted by molar-refractivity contribution is 0.0244. The topological polar surface area (TPSA) is 41.9 Å². The average molecular weight is 253 g/mol. The summed E-state index contributed by atoms with van der Waals surface area (Å²) >= 11 is 0. The van der Waals surface area contributed by atoms with Gasteiger partial charge in [0.1, 0.15) is 5.75 Å². The third-order valence-electron chi connectivity index (χ3n) is 2.62. The van der Waals surface area contributed by atoms with Crippen LogP contribution in [0.4, 0.5) is 0 Å². The van der Waals surface area contributed by atoms with Crippen LogP contribution in [0.2, 0.25) is 0 Å². The molecule has 0 saturated heterocycles. The highest BCUT2D eigenvalue weighted by molar-refractivity contribution is 5.28. The van der Waals surface area contributed by atoms with Crippen LogP contribution in [0.25, 0.3) is 0 Å². The maximum absolute atomic E-state index is 9.74. The monoisotopic (exact) mass is 253 g/mol. The van der Waals surface area contributed by atoms with Crippen molar-refractivity contribution in [3.05, 3.63) is 29.8 Å². The molecule has 4 nitrogen and oxygen atoms in total. The van der Waals surface area contributed by atoms with Crippen molar-refractivity contribution in [3.63, 3.8) is 0 Å². The van der Waals surface area contributed by atoms with E-state index in [1.165, 1.54) is 5.56 Å². The minimum atomic E-state index is -0.444. The van der Waals surface area contributed by atoms with E-state index in [0.29, 0.717) is 19.8 Å². The van der Waals surface area contributed by atoms with Crippen molar-refractivity contribution in [1.82, 2.24) is 4.90 Å². The van der Waals surface area contributed by atoms with Crippen molar-refractivity contribution in [2.24, 2.45) is 0 Å². The van der Waals surface area contributed by atoms with E-state index in [1.54, 1.807) is 7.11 Å². The summed E-state index contributed by atoms with van der Waals surface area (Å²) in [4.78, 5) is 2.07. The standard InChI is InChI=1S/C14H23NO3/c1-4-18-11-13(16)10-15(2)9-12-6-5-7-14(8-12)17-3/h5-8,13,16H,4,9-11H2,1-3H3. The first-order valence-electron chi connectivity index (χ1n) is 6.23. The lowest BCUT2D eigenvalue weighted by Crippen LogP contribution is -2.31. The van der Waals surface area contributed by atoms with Crippen LogP contribution in [0.5, 0.6) is 5.75 Å². The lowest BCUT2D eigenvalue weighted by Gasteiger charge is -2.20. The van der Waals surface area contributed by atoms with E-state index in [2.05, 4.69) is 4.90 Å². The highest BCUT2D eigenvalue weighted by Gasteiger charge is 2.08. The van der Waals surface area contributed by atoms with Crippen molar-refractivity contribution in [2.75, 3.05) is 33.9 Å². The van der Waals surface area contributed by atoms with E-state index in [9.17, 15) is 5.11 Å². The van der Waals surface area contributed by atoms with Crippen molar-refractivity contribution < 1.29 is 14.6 Å². The van der Waals surface area contributed by atoms with E-state index < -0.39 is 6.10 Å². The van der Waals surface area contributed by atoms with Gasteiger partial charge in [-0.2, -0.15) is 0 Å². The second kappa shape index (κ2) is 8.08. The number of likely N-dealkylation sites (N-methyl/N-ethyl adjacent to an activating group) is 1. The Morgan fingerprint density at radius 2 is 2.17 bits per heavy atom. The molecule has 18 heavy (non-hydrogen) atoms. The van der Waals surface area contributed by atoms with Crippen LogP contribution >= 0.6 is 0 Å². The fraction of sp³-hybridized carbons (Fsp3) is 0.571. The summed E-state index contributed by atoms with van der Waals surface area (Å²) in [7, 11) is 3.64. The molecule has 1 atom stereocenters. The molecule has 0 heterocycles. The molecular weight excluding hydrogens is 230 g/mol. The Bertz CT molecular complexity index is 344. The van der Waals surface area contributed by atoms with Crippen LogP contribution in [-0.4, -0.2) is 50.0 Å². The molecule has 1 aromatic carbocycles. The maximum Gasteiger partial charge on any atom is 0.119 e. The van der Waals surface area contributed by atoms with E-state index in [0.717, 1.165) is 12.3 Å². The van der Waals surface area contributed by atoms with Crippen molar-refractivity contribution in [2.45, 2.75) is 19.6 Å². The Hall–Kier alpha value is -1.10. The summed E-state index contributed by atoms with van der Waals surface area (Å²) in [5.41, 5.74) is 1.17. The minimum absolute atomic E-state index is 0.388. The van der Waals surface area contributed by atoms with Crippen LogP contribution in [0.15, 0.2) is 24.3 Å². The lowest BCUT2D eigenvalue weighted by atomic mass is 10.2. The number of benzene rings is 1. The minimum Gasteiger partial charge on any atom is -0.497 e. The van der Waals surface area contributed by atoms with Gasteiger partial charge in [-0.3, -0.25) is 4.90 Å². The number of ether oxygens (including phenoxy) is 2. The van der Waals surface area contributed by atoms with Crippen LogP contribution in [-0.2, 0) is 11.3 Å². The van der Waals surface area contributed by atoms with Gasteiger partial charge in [-0.05, 0) is 31.7 Å². The number of rotatable bonds is 8. The summed E-state index contributed by atoms with van der Waals surface area (Å²) in [6.07, 6.45) is -0.444. The van der Waals surface area contributed by atoms with Crippen LogP contribution < -0.4 is 4.74 Å². The zero-order chi connectivity index (χ0) is 13.4. The van der Waals surface area contributed by atoms with Crippen molar-refractivity contribution in [3.8, 4) is 5.75 Å². The third-order valence-corrected chi connectivity index (χ3v) is 2.62. The van der Waals surface area contributed by atoms with Gasteiger partial charge < -0.3 is 14.6 Å². The molecule has 0 spiro atoms. The Kier molecular flexibility index (Phi) is 6.72. The molecular formula is C14H23NO3. The maximum atomic E-state index is 9.74. The quantitative estimate of drug-likeness (QED) is 0.763. The second-order valence-corrected chi connectivity index (χ2v) is 4.36. The number of nitrogens with zero attached hydrogens (tertiary/aromatic N) is 1. The number of aliphatic hydroxyl groups excluding tert-OH is 1. The molecule has 0 fully saturated rings. The molecule has 0 aromatic heterocycles. The molecule has 0 aliphatic rings. The molecule has 0 aliphatic carbocycles. The van der Waals surface area contributed by atoms with Gasteiger partial charge in [-0.25, -0.2) is 0 Å². The van der Waals surface area contributed by atoms with Gasteiger partial charge in [0.05, 0.1) is 19.8 Å². The summed E-state index contributed by atoms with van der Waals surface area (Å²) in [6, 6.07) is 7.95. The third kappa shape index (κ3) is 5.49. The zero-order valence-corrected chi connectivity index (χ0v) is 11.4. The molecule has 0 amide bonds. The van der Waals surface area contributed by atoms with Gasteiger partial charge in [0, 0.05) is 19.7 Å². The number of hydrogen-bond acceptors (Lipinski definition) is 4. The summed E-state index contributed by atoms with van der Waals surface area (Å²) in [5.74, 6) is 0.857. The number of methoxy groups -OCH3 is 1. The van der Waals surface area contributed by atoms with Gasteiger partial charge in [-0.1, -0.05) is 12.1 Å². The Balaban J connectivity index is 2.40. The highest BCUT2D eigenvalue weighted by atomic mass is 16.5. The van der Waals surface area contributed by atoms with Gasteiger partial charge in [0.15, 0.2) is 0 Å². The fourth-order valence-corrected chi connectivity index (χ4v) is 1.81. The predicted molar refractivity (Wildman–Crippen MR) is 71.8 cm³/mol. The average Bonchev–Trinajstić information content (AvgIpc) is 2.36. The summed E-state index contributed by atoms with van der Waals surface area (Å²) in [6.45, 7) is 4.32. The molecule has 4 heteroatoms. The van der Waals surface area contributed by atoms with Gasteiger partial charge >= 0.3 is 0 Å². The zero-order valence-electron chi connectivity index (χ0n) is 11.4. The van der Waals surface area contributed by atoms with E-state index in [1.807, 2.05) is 38.2 Å². The van der Waals surface area contributed by atoms with Crippen LogP contribution in [0, 0.1) is 0 Å². The Labute approximate surface area is 109 Å². The van der Waals surface area contributed by atoms with Gasteiger partial charge in [-0.15, -0.1) is 0 Å². The first-order chi connectivity index (χ1) is 8.65. The van der Waals surface area contributed by atoms with E-state index in [-0.39, 0.29) is 0 Å². The van der Waals surface area contributed by atoms with Crippen LogP contribution in [0.3, 0.4) is 0 Å². The smallest absolute Gasteiger partial charge is 0.119 e. The normalized spacial score (nSPS) is 12.7. The molecule has 102 valence electrons. The van der Waals surface area contributed by atoms with Gasteiger partial charge in [0.2, 0.25) is 0 Å². The molecule has 1 rings (SSSR count). The highest BCUT2D eigenvalue weighted by Crippen LogP contribution is 2.13. The molecule has 0 aliphatic heterocycles. The Morgan fingerprint density at radius 3 is 2.83 bits per heavy atom. The van der Waals surface area contributed by atoms with Crippen molar-refractivity contribution >= 4 is 0 Å². The number of hydrogen-bond donors (Lipinski definition) is 1. The van der Waals surface area contributed by atoms with Crippen molar-refractivity contribution in [1.29, 1.82) is 0 Å². The Morgan fingerprint density at radius 1 is 1.39 bits per heavy atom. The van der Waals surface area contributed by atoms with Crippen LogP contribution in [0.1, 0.15) is 12.5 Å². The second-order valence-electron chi connectivity index (χ2n) is 4.36. The molecule has 1 unspecified atom stereocenters. The first kappa shape index (κ1) is 15.0. The largest absolute Gasteiger partial charge is 0.497 e. The molecule has 1 aromatic rings. The SMILES string of the molecule is CCOCC(O)CN(C)Cc1cccc(OC)c1. The van der Waals surface area contributed by atoms with E-state index >= 15 is 0 Å².